The van der Waals surface area contributed by atoms with Gasteiger partial charge in [-0.25, -0.2) is 8.78 Å². The van der Waals surface area contributed by atoms with Gasteiger partial charge in [0.05, 0.1) is 0 Å². The van der Waals surface area contributed by atoms with Gasteiger partial charge < -0.3 is 0 Å². The minimum atomic E-state index is -0.703. The van der Waals surface area contributed by atoms with Gasteiger partial charge in [-0.1, -0.05) is 54.7 Å². The van der Waals surface area contributed by atoms with Crippen LogP contribution >= 0.6 is 11.8 Å². The molecule has 24 heavy (non-hydrogen) atoms. The van der Waals surface area contributed by atoms with Gasteiger partial charge in [-0.05, 0) is 36.4 Å². The highest BCUT2D eigenvalue weighted by atomic mass is 32.2. The fourth-order valence-corrected chi connectivity index (χ4v) is 3.09. The molecule has 0 aliphatic carbocycles. The van der Waals surface area contributed by atoms with Crippen LogP contribution in [0.15, 0.2) is 60.0 Å². The number of carbonyl (C=O) groups is 1. The van der Waals surface area contributed by atoms with E-state index in [0.717, 1.165) is 27.5 Å². The standard InChI is InChI=1S/C20H18F2OS/c1-4-17(24-14(3)15-8-6-5-7-9-15)12-18-19(21)10-16(13(2)23)11-20(18)22/h4-11H,3,12H2,1-2H3/b17-4-. The third-order valence-electron chi connectivity index (χ3n) is 3.57. The number of hydrogen-bond acceptors (Lipinski definition) is 2. The molecule has 0 bridgehead atoms. The Balaban J connectivity index is 2.20. The first-order valence-corrected chi connectivity index (χ1v) is 8.30. The van der Waals surface area contributed by atoms with E-state index in [0.29, 0.717) is 0 Å². The number of carbonyl (C=O) groups excluding carboxylic acids is 1. The van der Waals surface area contributed by atoms with Crippen LogP contribution in [-0.2, 0) is 6.42 Å². The number of ketones is 1. The number of halogens is 2. The third kappa shape index (κ3) is 4.42. The number of hydrogen-bond donors (Lipinski definition) is 0. The molecule has 0 saturated heterocycles. The second-order valence-electron chi connectivity index (χ2n) is 5.30. The summed E-state index contributed by atoms with van der Waals surface area (Å²) in [5.41, 5.74) is 0.966. The van der Waals surface area contributed by atoms with E-state index in [9.17, 15) is 13.6 Å². The molecule has 2 rings (SSSR count). The van der Waals surface area contributed by atoms with Crippen molar-refractivity contribution in [2.45, 2.75) is 20.3 Å². The second kappa shape index (κ2) is 8.06. The maximum atomic E-state index is 14.2. The Morgan fingerprint density at radius 2 is 1.71 bits per heavy atom. The molecule has 0 saturated carbocycles. The highest BCUT2D eigenvalue weighted by Gasteiger charge is 2.15. The molecule has 124 valence electrons. The summed E-state index contributed by atoms with van der Waals surface area (Å²) in [6.45, 7) is 7.13. The van der Waals surface area contributed by atoms with Gasteiger partial charge in [0.15, 0.2) is 5.78 Å². The van der Waals surface area contributed by atoms with Gasteiger partial charge in [0.1, 0.15) is 11.6 Å². The van der Waals surface area contributed by atoms with Crippen molar-refractivity contribution in [3.8, 4) is 0 Å². The first kappa shape index (κ1) is 18.1. The van der Waals surface area contributed by atoms with Gasteiger partial charge >= 0.3 is 0 Å². The number of rotatable bonds is 6. The zero-order valence-corrected chi connectivity index (χ0v) is 14.4. The summed E-state index contributed by atoms with van der Waals surface area (Å²) in [6, 6.07) is 11.8. The van der Waals surface area contributed by atoms with Gasteiger partial charge in [0, 0.05) is 22.5 Å². The van der Waals surface area contributed by atoms with Crippen LogP contribution in [0.2, 0.25) is 0 Å². The molecule has 2 aromatic rings. The summed E-state index contributed by atoms with van der Waals surface area (Å²) in [7, 11) is 0. The lowest BCUT2D eigenvalue weighted by molar-refractivity contribution is 0.101. The summed E-state index contributed by atoms with van der Waals surface area (Å²) in [6.07, 6.45) is 1.93. The van der Waals surface area contributed by atoms with Crippen LogP contribution in [0, 0.1) is 11.6 Å². The predicted molar refractivity (Wildman–Crippen MR) is 96.9 cm³/mol. The zero-order valence-electron chi connectivity index (χ0n) is 13.6. The monoisotopic (exact) mass is 344 g/mol. The lowest BCUT2D eigenvalue weighted by atomic mass is 10.0. The van der Waals surface area contributed by atoms with Crippen molar-refractivity contribution in [2.24, 2.45) is 0 Å². The van der Waals surface area contributed by atoms with Crippen molar-refractivity contribution in [1.29, 1.82) is 0 Å². The second-order valence-corrected chi connectivity index (χ2v) is 6.52. The van der Waals surface area contributed by atoms with Gasteiger partial charge in [0.25, 0.3) is 0 Å². The Kier molecular flexibility index (Phi) is 6.10. The van der Waals surface area contributed by atoms with E-state index in [2.05, 4.69) is 6.58 Å². The zero-order chi connectivity index (χ0) is 17.7. The van der Waals surface area contributed by atoms with Crippen LogP contribution in [0.3, 0.4) is 0 Å². The maximum Gasteiger partial charge on any atom is 0.160 e. The first-order chi connectivity index (χ1) is 11.4. The summed E-state index contributed by atoms with van der Waals surface area (Å²) < 4.78 is 28.4. The highest BCUT2D eigenvalue weighted by Crippen LogP contribution is 2.34. The van der Waals surface area contributed by atoms with Crippen molar-refractivity contribution < 1.29 is 13.6 Å². The summed E-state index contributed by atoms with van der Waals surface area (Å²) >= 11 is 1.39. The largest absolute Gasteiger partial charge is 0.295 e. The van der Waals surface area contributed by atoms with E-state index in [4.69, 9.17) is 0 Å². The number of thioether (sulfide) groups is 1. The van der Waals surface area contributed by atoms with Crippen molar-refractivity contribution >= 4 is 22.5 Å². The van der Waals surface area contributed by atoms with Crippen molar-refractivity contribution in [3.63, 3.8) is 0 Å². The Morgan fingerprint density at radius 3 is 2.21 bits per heavy atom. The molecule has 0 N–H and O–H groups in total. The number of benzene rings is 2. The average Bonchev–Trinajstić information content (AvgIpc) is 2.57. The van der Waals surface area contributed by atoms with Gasteiger partial charge in [-0.2, -0.15) is 0 Å². The Morgan fingerprint density at radius 1 is 1.12 bits per heavy atom. The Labute approximate surface area is 145 Å². The predicted octanol–water partition coefficient (Wildman–Crippen LogP) is 6.02. The third-order valence-corrected chi connectivity index (χ3v) is 4.69. The van der Waals surface area contributed by atoms with E-state index >= 15 is 0 Å². The van der Waals surface area contributed by atoms with Crippen LogP contribution in [0.1, 0.15) is 35.3 Å². The Hall–Kier alpha value is -2.20. The van der Waals surface area contributed by atoms with Crippen LogP contribution in [0.5, 0.6) is 0 Å². The van der Waals surface area contributed by atoms with Crippen LogP contribution in [0.4, 0.5) is 8.78 Å². The lowest BCUT2D eigenvalue weighted by Gasteiger charge is -2.12. The highest BCUT2D eigenvalue weighted by molar-refractivity contribution is 8.11. The molecule has 1 nitrogen and oxygen atoms in total. The Bertz CT molecular complexity index is 772. The van der Waals surface area contributed by atoms with Crippen LogP contribution < -0.4 is 0 Å². The summed E-state index contributed by atoms with van der Waals surface area (Å²) in [4.78, 5) is 12.9. The van der Waals surface area contributed by atoms with E-state index in [1.165, 1.54) is 18.7 Å². The molecule has 4 heteroatoms. The SMILES string of the molecule is C=C(S/C(=C\C)Cc1c(F)cc(C(C)=O)cc1F)c1ccccc1. The normalized spacial score (nSPS) is 11.4. The molecule has 0 aliphatic heterocycles. The van der Waals surface area contributed by atoms with Gasteiger partial charge in [-0.3, -0.25) is 4.79 Å². The molecule has 0 amide bonds. The van der Waals surface area contributed by atoms with Crippen molar-refractivity contribution in [3.05, 3.63) is 88.3 Å². The van der Waals surface area contributed by atoms with Crippen molar-refractivity contribution in [2.75, 3.05) is 0 Å². The lowest BCUT2D eigenvalue weighted by Crippen LogP contribution is -2.02. The van der Waals surface area contributed by atoms with E-state index in [1.54, 1.807) is 0 Å². The molecule has 0 atom stereocenters. The fourth-order valence-electron chi connectivity index (χ4n) is 2.19. The summed E-state index contributed by atoms with van der Waals surface area (Å²) in [5, 5.41) is 0. The molecule has 0 radical (unpaired) electrons. The van der Waals surface area contributed by atoms with Crippen molar-refractivity contribution in [1.82, 2.24) is 0 Å². The molecular formula is C20H18F2OS. The fraction of sp³-hybridized carbons (Fsp3) is 0.150. The number of allylic oxidation sites excluding steroid dienone is 2. The maximum absolute atomic E-state index is 14.2. The molecule has 0 aliphatic rings. The smallest absolute Gasteiger partial charge is 0.160 e. The molecule has 0 heterocycles. The van der Waals surface area contributed by atoms with Crippen LogP contribution in [-0.4, -0.2) is 5.78 Å². The topological polar surface area (TPSA) is 17.1 Å². The molecule has 0 unspecified atom stereocenters. The van der Waals surface area contributed by atoms with E-state index < -0.39 is 11.6 Å². The molecule has 0 fully saturated rings. The molecular weight excluding hydrogens is 326 g/mol. The minimum Gasteiger partial charge on any atom is -0.295 e. The first-order valence-electron chi connectivity index (χ1n) is 7.48. The van der Waals surface area contributed by atoms with E-state index in [-0.39, 0.29) is 23.3 Å². The molecule has 0 aromatic heterocycles. The minimum absolute atomic E-state index is 0.0390. The molecule has 0 spiro atoms. The summed E-state index contributed by atoms with van der Waals surface area (Å²) in [5.74, 6) is -1.77. The van der Waals surface area contributed by atoms with Gasteiger partial charge in [-0.15, -0.1) is 0 Å². The van der Waals surface area contributed by atoms with E-state index in [1.807, 2.05) is 43.3 Å². The quantitative estimate of drug-likeness (QED) is 0.596. The number of Topliss-reactive ketones (excluding diaryl/α,β-unsaturated/α-hetero) is 1. The average molecular weight is 344 g/mol. The van der Waals surface area contributed by atoms with Gasteiger partial charge in [0.2, 0.25) is 0 Å². The molecule has 2 aromatic carbocycles. The van der Waals surface area contributed by atoms with Crippen LogP contribution in [0.25, 0.3) is 4.91 Å².